The number of nitrogens with zero attached hydrogens (tertiary/aromatic N) is 2. The molecule has 5 heteroatoms. The number of carbonyl (C=O) groups is 1. The number of oxime groups is 1. The van der Waals surface area contributed by atoms with Crippen LogP contribution in [0.15, 0.2) is 5.16 Å². The molecule has 0 bridgehead atoms. The largest absolute Gasteiger partial charge is 0.409 e. The van der Waals surface area contributed by atoms with Crippen LogP contribution in [0.1, 0.15) is 52.9 Å². The highest BCUT2D eigenvalue weighted by Gasteiger charge is 2.29. The third kappa shape index (κ3) is 4.73. The van der Waals surface area contributed by atoms with Crippen molar-refractivity contribution in [3.8, 4) is 0 Å². The predicted molar refractivity (Wildman–Crippen MR) is 76.0 cm³/mol. The molecule has 1 aliphatic carbocycles. The highest BCUT2D eigenvalue weighted by atomic mass is 16.4. The molecular weight excluding hydrogens is 242 g/mol. The number of amides is 1. The van der Waals surface area contributed by atoms with Gasteiger partial charge in [-0.25, -0.2) is 0 Å². The number of amidine groups is 1. The van der Waals surface area contributed by atoms with Crippen LogP contribution in [-0.4, -0.2) is 34.4 Å². The maximum absolute atomic E-state index is 12.5. The first-order valence-corrected chi connectivity index (χ1v) is 7.22. The average molecular weight is 269 g/mol. The molecule has 0 radical (unpaired) electrons. The Morgan fingerprint density at radius 2 is 1.95 bits per heavy atom. The lowest BCUT2D eigenvalue weighted by Gasteiger charge is -2.33. The van der Waals surface area contributed by atoms with Gasteiger partial charge in [-0.15, -0.1) is 0 Å². The molecule has 0 heterocycles. The zero-order chi connectivity index (χ0) is 14.4. The number of nitrogens with two attached hydrogens (primary N) is 1. The Kier molecular flexibility index (Phi) is 6.12. The molecule has 19 heavy (non-hydrogen) atoms. The van der Waals surface area contributed by atoms with E-state index in [1.165, 1.54) is 0 Å². The van der Waals surface area contributed by atoms with Gasteiger partial charge in [0.2, 0.25) is 5.91 Å². The van der Waals surface area contributed by atoms with Crippen LogP contribution in [-0.2, 0) is 4.79 Å². The second-order valence-electron chi connectivity index (χ2n) is 5.92. The van der Waals surface area contributed by atoms with Gasteiger partial charge in [0.1, 0.15) is 5.84 Å². The topological polar surface area (TPSA) is 78.9 Å². The van der Waals surface area contributed by atoms with Crippen LogP contribution in [0.2, 0.25) is 0 Å². The Morgan fingerprint density at radius 1 is 1.37 bits per heavy atom. The summed E-state index contributed by atoms with van der Waals surface area (Å²) in [5.41, 5.74) is 5.48. The maximum Gasteiger partial charge on any atom is 0.225 e. The summed E-state index contributed by atoms with van der Waals surface area (Å²) in [4.78, 5) is 14.4. The zero-order valence-electron chi connectivity index (χ0n) is 12.3. The fourth-order valence-electron chi connectivity index (χ4n) is 2.65. The van der Waals surface area contributed by atoms with Gasteiger partial charge in [0, 0.05) is 24.9 Å². The molecule has 1 saturated carbocycles. The first kappa shape index (κ1) is 15.8. The first-order valence-electron chi connectivity index (χ1n) is 7.22. The highest BCUT2D eigenvalue weighted by molar-refractivity contribution is 5.82. The molecule has 110 valence electrons. The van der Waals surface area contributed by atoms with Crippen LogP contribution in [0.5, 0.6) is 0 Å². The van der Waals surface area contributed by atoms with Gasteiger partial charge in [-0.3, -0.25) is 4.79 Å². The Hall–Kier alpha value is -1.26. The van der Waals surface area contributed by atoms with Crippen molar-refractivity contribution in [2.75, 3.05) is 6.54 Å². The monoisotopic (exact) mass is 269 g/mol. The summed E-state index contributed by atoms with van der Waals surface area (Å²) >= 11 is 0. The molecule has 1 aliphatic rings. The Balaban J connectivity index is 2.57. The second kappa shape index (κ2) is 7.36. The van der Waals surface area contributed by atoms with E-state index in [2.05, 4.69) is 12.1 Å². The molecule has 3 N–H and O–H groups in total. The van der Waals surface area contributed by atoms with E-state index in [0.717, 1.165) is 31.6 Å². The standard InChI is InChI=1S/C14H27N3O2/c1-10(2)17(9-8-13(15)16-19)14(18)12-6-4-11(3)5-7-12/h10-12,19H,4-9H2,1-3H3,(H2,15,16). The van der Waals surface area contributed by atoms with Gasteiger partial charge >= 0.3 is 0 Å². The van der Waals surface area contributed by atoms with E-state index in [0.29, 0.717) is 13.0 Å². The van der Waals surface area contributed by atoms with Crippen molar-refractivity contribution in [1.29, 1.82) is 0 Å². The first-order chi connectivity index (χ1) is 8.95. The number of rotatable bonds is 5. The quantitative estimate of drug-likeness (QED) is 0.347. The molecule has 0 spiro atoms. The second-order valence-corrected chi connectivity index (χ2v) is 5.92. The minimum absolute atomic E-state index is 0.151. The van der Waals surface area contributed by atoms with Gasteiger partial charge < -0.3 is 15.8 Å². The number of hydrogen-bond acceptors (Lipinski definition) is 3. The fourth-order valence-corrected chi connectivity index (χ4v) is 2.65. The van der Waals surface area contributed by atoms with Gasteiger partial charge in [0.25, 0.3) is 0 Å². The molecule has 1 amide bonds. The van der Waals surface area contributed by atoms with Gasteiger partial charge in [-0.05, 0) is 45.4 Å². The van der Waals surface area contributed by atoms with Crippen LogP contribution >= 0.6 is 0 Å². The summed E-state index contributed by atoms with van der Waals surface area (Å²) < 4.78 is 0. The molecule has 0 aromatic rings. The highest BCUT2D eigenvalue weighted by Crippen LogP contribution is 2.30. The summed E-state index contributed by atoms with van der Waals surface area (Å²) in [5.74, 6) is 1.31. The van der Waals surface area contributed by atoms with E-state index < -0.39 is 0 Å². The molecule has 1 rings (SSSR count). The smallest absolute Gasteiger partial charge is 0.225 e. The minimum atomic E-state index is 0.151. The van der Waals surface area contributed by atoms with E-state index in [1.807, 2.05) is 18.7 Å². The molecule has 0 unspecified atom stereocenters. The van der Waals surface area contributed by atoms with Crippen molar-refractivity contribution in [1.82, 2.24) is 4.90 Å². The number of hydrogen-bond donors (Lipinski definition) is 2. The predicted octanol–water partition coefficient (Wildman–Crippen LogP) is 2.19. The van der Waals surface area contributed by atoms with E-state index in [9.17, 15) is 4.79 Å². The summed E-state index contributed by atoms with van der Waals surface area (Å²) in [6, 6.07) is 0.151. The summed E-state index contributed by atoms with van der Waals surface area (Å²) in [5, 5.41) is 11.5. The third-order valence-electron chi connectivity index (χ3n) is 4.01. The average Bonchev–Trinajstić information content (AvgIpc) is 2.38. The molecule has 0 aromatic heterocycles. The molecule has 0 atom stereocenters. The zero-order valence-corrected chi connectivity index (χ0v) is 12.3. The van der Waals surface area contributed by atoms with Gasteiger partial charge in [-0.2, -0.15) is 0 Å². The summed E-state index contributed by atoms with van der Waals surface area (Å²) in [6.45, 7) is 6.79. The lowest BCUT2D eigenvalue weighted by molar-refractivity contribution is -0.138. The third-order valence-corrected chi connectivity index (χ3v) is 4.01. The Bertz CT molecular complexity index is 321. The van der Waals surface area contributed by atoms with Crippen LogP contribution in [0.4, 0.5) is 0 Å². The summed E-state index contributed by atoms with van der Waals surface area (Å²) in [6.07, 6.45) is 4.69. The van der Waals surface area contributed by atoms with E-state index in [-0.39, 0.29) is 23.7 Å². The molecule has 0 aromatic carbocycles. The normalized spacial score (nSPS) is 24.5. The molecular formula is C14H27N3O2. The Labute approximate surface area is 115 Å². The van der Waals surface area contributed by atoms with Crippen molar-refractivity contribution in [3.63, 3.8) is 0 Å². The Morgan fingerprint density at radius 3 is 2.42 bits per heavy atom. The lowest BCUT2D eigenvalue weighted by Crippen LogP contribution is -2.43. The van der Waals surface area contributed by atoms with Gasteiger partial charge in [0.05, 0.1) is 0 Å². The maximum atomic E-state index is 12.5. The molecule has 0 saturated heterocycles. The van der Waals surface area contributed by atoms with E-state index in [4.69, 9.17) is 10.9 Å². The van der Waals surface area contributed by atoms with Crippen molar-refractivity contribution in [2.45, 2.75) is 58.9 Å². The lowest BCUT2D eigenvalue weighted by atomic mass is 9.82. The number of carbonyl (C=O) groups excluding carboxylic acids is 1. The van der Waals surface area contributed by atoms with Crippen LogP contribution in [0.25, 0.3) is 0 Å². The van der Waals surface area contributed by atoms with Crippen LogP contribution in [0.3, 0.4) is 0 Å². The van der Waals surface area contributed by atoms with Crippen molar-refractivity contribution in [2.24, 2.45) is 22.7 Å². The molecule has 1 fully saturated rings. The molecule has 0 aliphatic heterocycles. The van der Waals surface area contributed by atoms with E-state index >= 15 is 0 Å². The summed E-state index contributed by atoms with van der Waals surface area (Å²) in [7, 11) is 0. The van der Waals surface area contributed by atoms with E-state index in [1.54, 1.807) is 0 Å². The van der Waals surface area contributed by atoms with Crippen LogP contribution < -0.4 is 5.73 Å². The minimum Gasteiger partial charge on any atom is -0.409 e. The SMILES string of the molecule is CC1CCC(C(=O)N(CCC(N)=NO)C(C)C)CC1. The van der Waals surface area contributed by atoms with Crippen LogP contribution in [0, 0.1) is 11.8 Å². The van der Waals surface area contributed by atoms with Crippen molar-refractivity contribution in [3.05, 3.63) is 0 Å². The van der Waals surface area contributed by atoms with Crippen molar-refractivity contribution < 1.29 is 10.0 Å². The van der Waals surface area contributed by atoms with Crippen molar-refractivity contribution >= 4 is 11.7 Å². The fraction of sp³-hybridized carbons (Fsp3) is 0.857. The molecule has 5 nitrogen and oxygen atoms in total. The van der Waals surface area contributed by atoms with Gasteiger partial charge in [-0.1, -0.05) is 12.1 Å². The van der Waals surface area contributed by atoms with Gasteiger partial charge in [0.15, 0.2) is 0 Å².